The van der Waals surface area contributed by atoms with Crippen molar-refractivity contribution in [3.8, 4) is 0 Å². The molecule has 0 aromatic carbocycles. The topological polar surface area (TPSA) is 125 Å². The van der Waals surface area contributed by atoms with Gasteiger partial charge in [0.2, 0.25) is 5.91 Å². The molecule has 8 nitrogen and oxygen atoms in total. The summed E-state index contributed by atoms with van der Waals surface area (Å²) in [7, 11) is -4.06. The van der Waals surface area contributed by atoms with E-state index >= 15 is 0 Å². The van der Waals surface area contributed by atoms with Crippen LogP contribution in [-0.4, -0.2) is 43.0 Å². The Labute approximate surface area is 113 Å². The van der Waals surface area contributed by atoms with Crippen LogP contribution in [0, 0.1) is 0 Å². The molecule has 106 valence electrons. The standard InChI is InChI=1S/C9H13N3O5S2/c1-5(2)12-6(13)3-11-19(16,17)9-7(8(14)15)10-4-18-9/h4-5,11H,3H2,1-2H3,(H,12,13)(H,14,15). The largest absolute Gasteiger partial charge is 0.476 e. The highest BCUT2D eigenvalue weighted by atomic mass is 32.2. The normalized spacial score (nSPS) is 11.5. The van der Waals surface area contributed by atoms with E-state index in [-0.39, 0.29) is 6.04 Å². The molecule has 0 atom stereocenters. The molecule has 0 spiro atoms. The van der Waals surface area contributed by atoms with Crippen LogP contribution in [0.4, 0.5) is 0 Å². The summed E-state index contributed by atoms with van der Waals surface area (Å²) in [6, 6.07) is -0.116. The van der Waals surface area contributed by atoms with Gasteiger partial charge in [0.15, 0.2) is 9.90 Å². The maximum atomic E-state index is 11.8. The summed E-state index contributed by atoms with van der Waals surface area (Å²) in [4.78, 5) is 25.6. The van der Waals surface area contributed by atoms with E-state index in [4.69, 9.17) is 5.11 Å². The zero-order valence-corrected chi connectivity index (χ0v) is 11.8. The molecule has 0 saturated carbocycles. The lowest BCUT2D eigenvalue weighted by Gasteiger charge is -2.09. The first-order valence-corrected chi connectivity index (χ1v) is 7.56. The fourth-order valence-electron chi connectivity index (χ4n) is 1.17. The second-order valence-corrected chi connectivity index (χ2v) is 6.66. The van der Waals surface area contributed by atoms with Gasteiger partial charge in [-0.3, -0.25) is 4.79 Å². The van der Waals surface area contributed by atoms with Gasteiger partial charge in [0.05, 0.1) is 12.1 Å². The van der Waals surface area contributed by atoms with Crippen molar-refractivity contribution in [1.82, 2.24) is 15.0 Å². The maximum absolute atomic E-state index is 11.8. The average molecular weight is 307 g/mol. The lowest BCUT2D eigenvalue weighted by molar-refractivity contribution is -0.120. The molecular formula is C9H13N3O5S2. The molecule has 1 aromatic heterocycles. The van der Waals surface area contributed by atoms with Crippen LogP contribution in [0.2, 0.25) is 0 Å². The van der Waals surface area contributed by atoms with Crippen molar-refractivity contribution in [2.75, 3.05) is 6.54 Å². The highest BCUT2D eigenvalue weighted by molar-refractivity contribution is 7.91. The van der Waals surface area contributed by atoms with Gasteiger partial charge in [-0.05, 0) is 13.8 Å². The lowest BCUT2D eigenvalue weighted by atomic mass is 10.4. The first kappa shape index (κ1) is 15.5. The SMILES string of the molecule is CC(C)NC(=O)CNS(=O)(=O)c1scnc1C(=O)O. The summed E-state index contributed by atoms with van der Waals surface area (Å²) in [6.07, 6.45) is 0. The van der Waals surface area contributed by atoms with Gasteiger partial charge in [0.1, 0.15) is 0 Å². The maximum Gasteiger partial charge on any atom is 0.356 e. The molecule has 1 aromatic rings. The minimum absolute atomic E-state index is 0.116. The third kappa shape index (κ3) is 4.26. The molecular weight excluding hydrogens is 294 g/mol. The zero-order valence-electron chi connectivity index (χ0n) is 10.2. The van der Waals surface area contributed by atoms with Gasteiger partial charge in [-0.1, -0.05) is 0 Å². The molecule has 1 heterocycles. The molecule has 0 aliphatic heterocycles. The molecule has 0 fully saturated rings. The number of aromatic carboxylic acids is 1. The number of nitrogens with one attached hydrogen (secondary N) is 2. The predicted octanol–water partition coefficient (Wildman–Crippen LogP) is -0.356. The van der Waals surface area contributed by atoms with E-state index in [9.17, 15) is 18.0 Å². The van der Waals surface area contributed by atoms with Crippen LogP contribution in [-0.2, 0) is 14.8 Å². The minimum atomic E-state index is -4.06. The van der Waals surface area contributed by atoms with E-state index < -0.39 is 38.3 Å². The molecule has 10 heteroatoms. The first-order chi connectivity index (χ1) is 8.74. The van der Waals surface area contributed by atoms with Crippen LogP contribution in [0.5, 0.6) is 0 Å². The molecule has 0 radical (unpaired) electrons. The monoisotopic (exact) mass is 307 g/mol. The number of thiazole rings is 1. The second kappa shape index (κ2) is 6.08. The fraction of sp³-hybridized carbons (Fsp3) is 0.444. The molecule has 0 bridgehead atoms. The summed E-state index contributed by atoms with van der Waals surface area (Å²) >= 11 is 0.676. The Morgan fingerprint density at radius 1 is 1.47 bits per heavy atom. The number of amides is 1. The van der Waals surface area contributed by atoms with Crippen molar-refractivity contribution in [2.45, 2.75) is 24.1 Å². The van der Waals surface area contributed by atoms with E-state index in [0.29, 0.717) is 11.3 Å². The summed E-state index contributed by atoms with van der Waals surface area (Å²) < 4.78 is 25.3. The Kier molecular flexibility index (Phi) is 4.97. The van der Waals surface area contributed by atoms with Gasteiger partial charge in [0, 0.05) is 6.04 Å². The second-order valence-electron chi connectivity index (χ2n) is 3.84. The smallest absolute Gasteiger partial charge is 0.356 e. The number of rotatable bonds is 6. The number of aromatic nitrogens is 1. The Morgan fingerprint density at radius 3 is 2.63 bits per heavy atom. The van der Waals surface area contributed by atoms with Crippen LogP contribution >= 0.6 is 11.3 Å². The van der Waals surface area contributed by atoms with Crippen molar-refractivity contribution < 1.29 is 23.1 Å². The van der Waals surface area contributed by atoms with E-state index in [1.54, 1.807) is 13.8 Å². The minimum Gasteiger partial charge on any atom is -0.476 e. The molecule has 0 aliphatic rings. The molecule has 0 unspecified atom stereocenters. The Hall–Kier alpha value is -1.52. The van der Waals surface area contributed by atoms with Crippen LogP contribution in [0.3, 0.4) is 0 Å². The van der Waals surface area contributed by atoms with Gasteiger partial charge in [0.25, 0.3) is 10.0 Å². The van der Waals surface area contributed by atoms with Crippen LogP contribution in [0.25, 0.3) is 0 Å². The first-order valence-electron chi connectivity index (χ1n) is 5.20. The third-order valence-corrected chi connectivity index (χ3v) is 4.62. The number of carboxylic acid groups (broad SMARTS) is 1. The predicted molar refractivity (Wildman–Crippen MR) is 67.5 cm³/mol. The Balaban J connectivity index is 2.79. The van der Waals surface area contributed by atoms with Crippen LogP contribution in [0.1, 0.15) is 24.3 Å². The fourth-order valence-corrected chi connectivity index (χ4v) is 3.33. The van der Waals surface area contributed by atoms with Crippen LogP contribution < -0.4 is 10.0 Å². The number of sulfonamides is 1. The highest BCUT2D eigenvalue weighted by Crippen LogP contribution is 2.19. The van der Waals surface area contributed by atoms with E-state index in [1.165, 1.54) is 0 Å². The molecule has 1 rings (SSSR count). The molecule has 19 heavy (non-hydrogen) atoms. The summed E-state index contributed by atoms with van der Waals surface area (Å²) in [6.45, 7) is 3.01. The van der Waals surface area contributed by atoms with E-state index in [0.717, 1.165) is 5.51 Å². The van der Waals surface area contributed by atoms with Gasteiger partial charge >= 0.3 is 5.97 Å². The van der Waals surface area contributed by atoms with Gasteiger partial charge < -0.3 is 10.4 Å². The number of carboxylic acids is 1. The number of hydrogen-bond donors (Lipinski definition) is 3. The molecule has 3 N–H and O–H groups in total. The quantitative estimate of drug-likeness (QED) is 0.659. The van der Waals surface area contributed by atoms with Crippen molar-refractivity contribution in [2.24, 2.45) is 0 Å². The number of carbonyl (C=O) groups excluding carboxylic acids is 1. The lowest BCUT2D eigenvalue weighted by Crippen LogP contribution is -2.39. The van der Waals surface area contributed by atoms with Crippen molar-refractivity contribution in [3.63, 3.8) is 0 Å². The highest BCUT2D eigenvalue weighted by Gasteiger charge is 2.26. The number of hydrogen-bond acceptors (Lipinski definition) is 6. The van der Waals surface area contributed by atoms with Gasteiger partial charge in [-0.15, -0.1) is 11.3 Å². The van der Waals surface area contributed by atoms with Crippen molar-refractivity contribution in [3.05, 3.63) is 11.2 Å². The van der Waals surface area contributed by atoms with Crippen LogP contribution in [0.15, 0.2) is 9.72 Å². The average Bonchev–Trinajstić information content (AvgIpc) is 2.75. The molecule has 0 saturated heterocycles. The molecule has 0 aliphatic carbocycles. The van der Waals surface area contributed by atoms with Gasteiger partial charge in [-0.25, -0.2) is 22.9 Å². The van der Waals surface area contributed by atoms with Crippen molar-refractivity contribution >= 4 is 33.2 Å². The summed E-state index contributed by atoms with van der Waals surface area (Å²) in [5.74, 6) is -1.94. The van der Waals surface area contributed by atoms with Gasteiger partial charge in [-0.2, -0.15) is 0 Å². The van der Waals surface area contributed by atoms with E-state index in [1.807, 2.05) is 4.72 Å². The third-order valence-electron chi connectivity index (χ3n) is 1.85. The summed E-state index contributed by atoms with van der Waals surface area (Å²) in [5.41, 5.74) is 0.563. The Bertz CT molecular complexity index is 578. The molecule has 1 amide bonds. The number of carbonyl (C=O) groups is 2. The van der Waals surface area contributed by atoms with Crippen molar-refractivity contribution in [1.29, 1.82) is 0 Å². The van der Waals surface area contributed by atoms with E-state index in [2.05, 4.69) is 10.3 Å². The summed E-state index contributed by atoms with van der Waals surface area (Å²) in [5, 5.41) is 11.3. The number of nitrogens with zero attached hydrogens (tertiary/aromatic N) is 1. The Morgan fingerprint density at radius 2 is 2.11 bits per heavy atom. The zero-order chi connectivity index (χ0) is 14.6.